The van der Waals surface area contributed by atoms with Crippen molar-refractivity contribution in [3.05, 3.63) is 58.6 Å². The quantitative estimate of drug-likeness (QED) is 0.777. The maximum absolute atomic E-state index is 13.5. The third-order valence-corrected chi connectivity index (χ3v) is 8.71. The van der Waals surface area contributed by atoms with Gasteiger partial charge in [0.15, 0.2) is 0 Å². The van der Waals surface area contributed by atoms with Crippen molar-refractivity contribution < 1.29 is 8.42 Å². The number of hydrogen-bond acceptors (Lipinski definition) is 3. The molecule has 1 unspecified atom stereocenters. The van der Waals surface area contributed by atoms with Crippen LogP contribution >= 0.6 is 11.6 Å². The molecule has 28 heavy (non-hydrogen) atoms. The number of hydrogen-bond donors (Lipinski definition) is 1. The molecular formula is C22H27ClN2O2S. The van der Waals surface area contributed by atoms with Gasteiger partial charge in [-0.15, -0.1) is 0 Å². The smallest absolute Gasteiger partial charge is 0.243 e. The predicted molar refractivity (Wildman–Crippen MR) is 115 cm³/mol. The molecule has 3 atom stereocenters. The lowest BCUT2D eigenvalue weighted by atomic mass is 9.67. The highest BCUT2D eigenvalue weighted by molar-refractivity contribution is 7.89. The number of anilines is 1. The standard InChI is InChI=1S/C22H27ClN2O2S/c1-5-20-21-18(22(3,4)17-12-15(23)8-11-19(17)24-21)13-25(20)28(26,27)16-9-6-14(2)7-10-16/h6-12,18,20-21,24H,5,13H2,1-4H3/t18-,20?,21+/m0/s1. The summed E-state index contributed by atoms with van der Waals surface area (Å²) < 4.78 is 28.7. The van der Waals surface area contributed by atoms with Crippen LogP contribution in [-0.4, -0.2) is 31.4 Å². The second-order valence-corrected chi connectivity index (χ2v) is 10.9. The minimum absolute atomic E-state index is 0.0777. The lowest BCUT2D eigenvalue weighted by molar-refractivity contribution is 0.301. The maximum Gasteiger partial charge on any atom is 0.243 e. The summed E-state index contributed by atoms with van der Waals surface area (Å²) in [5, 5.41) is 4.35. The molecule has 1 saturated heterocycles. The summed E-state index contributed by atoms with van der Waals surface area (Å²) in [5.41, 5.74) is 3.09. The van der Waals surface area contributed by atoms with Gasteiger partial charge in [0, 0.05) is 35.3 Å². The van der Waals surface area contributed by atoms with Crippen molar-refractivity contribution in [2.75, 3.05) is 11.9 Å². The van der Waals surface area contributed by atoms with E-state index in [-0.39, 0.29) is 23.4 Å². The first-order chi connectivity index (χ1) is 13.2. The van der Waals surface area contributed by atoms with Crippen molar-refractivity contribution in [1.82, 2.24) is 4.31 Å². The minimum atomic E-state index is -3.55. The van der Waals surface area contributed by atoms with Crippen LogP contribution in [0, 0.1) is 12.8 Å². The molecule has 0 radical (unpaired) electrons. The van der Waals surface area contributed by atoms with E-state index in [4.69, 9.17) is 11.6 Å². The van der Waals surface area contributed by atoms with Crippen molar-refractivity contribution in [2.45, 2.75) is 56.5 Å². The monoisotopic (exact) mass is 418 g/mol. The molecule has 4 nitrogen and oxygen atoms in total. The van der Waals surface area contributed by atoms with E-state index in [2.05, 4.69) is 26.1 Å². The van der Waals surface area contributed by atoms with Gasteiger partial charge in [0.1, 0.15) is 0 Å². The fourth-order valence-electron chi connectivity index (χ4n) is 4.90. The van der Waals surface area contributed by atoms with Gasteiger partial charge in [0.25, 0.3) is 0 Å². The Hall–Kier alpha value is -1.56. The largest absolute Gasteiger partial charge is 0.380 e. The van der Waals surface area contributed by atoms with E-state index in [1.54, 1.807) is 16.4 Å². The zero-order valence-corrected chi connectivity index (χ0v) is 18.3. The van der Waals surface area contributed by atoms with Crippen LogP contribution in [0.3, 0.4) is 0 Å². The number of benzene rings is 2. The lowest BCUT2D eigenvalue weighted by Crippen LogP contribution is -2.48. The fraction of sp³-hybridized carbons (Fsp3) is 0.455. The summed E-state index contributed by atoms with van der Waals surface area (Å²) >= 11 is 6.26. The average molecular weight is 419 g/mol. The third kappa shape index (κ3) is 2.95. The molecule has 0 amide bonds. The first-order valence-corrected chi connectivity index (χ1v) is 11.6. The SMILES string of the molecule is CCC1[C@@H]2Nc3ccc(Cl)cc3C(C)(C)[C@H]2CN1S(=O)(=O)c1ccc(C)cc1. The molecule has 0 saturated carbocycles. The van der Waals surface area contributed by atoms with Gasteiger partial charge in [-0.2, -0.15) is 4.31 Å². The van der Waals surface area contributed by atoms with Crippen LogP contribution in [0.2, 0.25) is 5.02 Å². The second kappa shape index (κ2) is 6.75. The number of rotatable bonds is 3. The van der Waals surface area contributed by atoms with E-state index in [1.807, 2.05) is 37.3 Å². The lowest BCUT2D eigenvalue weighted by Gasteiger charge is -2.43. The second-order valence-electron chi connectivity index (χ2n) is 8.55. The molecule has 1 N–H and O–H groups in total. The Kier molecular flexibility index (Phi) is 4.76. The Morgan fingerprint density at radius 3 is 2.50 bits per heavy atom. The van der Waals surface area contributed by atoms with Crippen molar-refractivity contribution in [3.8, 4) is 0 Å². The highest BCUT2D eigenvalue weighted by Crippen LogP contribution is 2.49. The number of fused-ring (bicyclic) bond motifs is 2. The number of aryl methyl sites for hydroxylation is 1. The van der Waals surface area contributed by atoms with E-state index in [9.17, 15) is 8.42 Å². The number of sulfonamides is 1. The number of nitrogens with one attached hydrogen (secondary N) is 1. The van der Waals surface area contributed by atoms with Gasteiger partial charge in [0.05, 0.1) is 4.90 Å². The average Bonchev–Trinajstić information content (AvgIpc) is 3.03. The van der Waals surface area contributed by atoms with Crippen molar-refractivity contribution in [3.63, 3.8) is 0 Å². The fourth-order valence-corrected chi connectivity index (χ4v) is 6.81. The zero-order valence-electron chi connectivity index (χ0n) is 16.7. The van der Waals surface area contributed by atoms with Gasteiger partial charge in [-0.25, -0.2) is 8.42 Å². The minimum Gasteiger partial charge on any atom is -0.380 e. The van der Waals surface area contributed by atoms with Crippen LogP contribution in [-0.2, 0) is 15.4 Å². The maximum atomic E-state index is 13.5. The van der Waals surface area contributed by atoms with E-state index in [0.717, 1.165) is 23.2 Å². The van der Waals surface area contributed by atoms with E-state index in [1.165, 1.54) is 0 Å². The topological polar surface area (TPSA) is 49.4 Å². The molecular weight excluding hydrogens is 392 g/mol. The van der Waals surface area contributed by atoms with Crippen molar-refractivity contribution in [2.24, 2.45) is 5.92 Å². The van der Waals surface area contributed by atoms with Crippen LogP contribution in [0.4, 0.5) is 5.69 Å². The molecule has 2 aromatic carbocycles. The van der Waals surface area contributed by atoms with Gasteiger partial charge in [-0.3, -0.25) is 0 Å². The van der Waals surface area contributed by atoms with Crippen LogP contribution in [0.1, 0.15) is 38.3 Å². The van der Waals surface area contributed by atoms with E-state index < -0.39 is 10.0 Å². The third-order valence-electron chi connectivity index (χ3n) is 6.57. The molecule has 6 heteroatoms. The summed E-state index contributed by atoms with van der Waals surface area (Å²) in [5.74, 6) is 0.170. The first-order valence-electron chi connectivity index (χ1n) is 9.81. The molecule has 0 spiro atoms. The number of nitrogens with zero attached hydrogens (tertiary/aromatic N) is 1. The summed E-state index contributed by atoms with van der Waals surface area (Å²) in [6.07, 6.45) is 0.762. The molecule has 2 aliphatic heterocycles. The van der Waals surface area contributed by atoms with Crippen LogP contribution in [0.5, 0.6) is 0 Å². The first kappa shape index (κ1) is 19.7. The molecule has 2 aromatic rings. The summed E-state index contributed by atoms with van der Waals surface area (Å²) in [7, 11) is -3.55. The molecule has 0 aromatic heterocycles. The Morgan fingerprint density at radius 2 is 1.86 bits per heavy atom. The highest BCUT2D eigenvalue weighted by atomic mass is 35.5. The highest BCUT2D eigenvalue weighted by Gasteiger charge is 2.54. The Bertz CT molecular complexity index is 1000. The van der Waals surface area contributed by atoms with Crippen molar-refractivity contribution in [1.29, 1.82) is 0 Å². The van der Waals surface area contributed by atoms with Gasteiger partial charge in [-0.05, 0) is 54.7 Å². The van der Waals surface area contributed by atoms with Crippen LogP contribution in [0.15, 0.2) is 47.4 Å². The molecule has 1 fully saturated rings. The van der Waals surface area contributed by atoms with Gasteiger partial charge in [0.2, 0.25) is 10.0 Å². The Morgan fingerprint density at radius 1 is 1.18 bits per heavy atom. The Balaban J connectivity index is 1.76. The Labute approximate surface area is 172 Å². The van der Waals surface area contributed by atoms with Gasteiger partial charge >= 0.3 is 0 Å². The summed E-state index contributed by atoms with van der Waals surface area (Å²) in [4.78, 5) is 0.369. The molecule has 2 aliphatic rings. The zero-order chi connectivity index (χ0) is 20.3. The molecule has 150 valence electrons. The van der Waals surface area contributed by atoms with Crippen LogP contribution in [0.25, 0.3) is 0 Å². The molecule has 2 heterocycles. The van der Waals surface area contributed by atoms with Crippen LogP contribution < -0.4 is 5.32 Å². The molecule has 0 bridgehead atoms. The summed E-state index contributed by atoms with van der Waals surface area (Å²) in [6, 6.07) is 13.1. The molecule has 0 aliphatic carbocycles. The van der Waals surface area contributed by atoms with Gasteiger partial charge in [-0.1, -0.05) is 50.1 Å². The van der Waals surface area contributed by atoms with E-state index in [0.29, 0.717) is 16.5 Å². The van der Waals surface area contributed by atoms with E-state index >= 15 is 0 Å². The van der Waals surface area contributed by atoms with Crippen molar-refractivity contribution >= 4 is 27.3 Å². The molecule has 4 rings (SSSR count). The summed E-state index contributed by atoms with van der Waals surface area (Å²) in [6.45, 7) is 8.94. The number of halogens is 1. The normalized spacial score (nSPS) is 26.4. The van der Waals surface area contributed by atoms with Gasteiger partial charge < -0.3 is 5.32 Å². The predicted octanol–water partition coefficient (Wildman–Crippen LogP) is 4.82.